The lowest BCUT2D eigenvalue weighted by Gasteiger charge is -2.11. The van der Waals surface area contributed by atoms with Gasteiger partial charge in [0.15, 0.2) is 0 Å². The van der Waals surface area contributed by atoms with Crippen molar-refractivity contribution >= 4 is 40.8 Å². The molecule has 0 radical (unpaired) electrons. The minimum Gasteiger partial charge on any atom is -0.396 e. The van der Waals surface area contributed by atoms with Crippen LogP contribution < -0.4 is 5.01 Å². The van der Waals surface area contributed by atoms with Gasteiger partial charge in [0.1, 0.15) is 0 Å². The van der Waals surface area contributed by atoms with Crippen molar-refractivity contribution in [2.75, 3.05) is 17.4 Å². The zero-order valence-corrected chi connectivity index (χ0v) is 15.3. The van der Waals surface area contributed by atoms with Crippen molar-refractivity contribution in [1.82, 2.24) is 0 Å². The van der Waals surface area contributed by atoms with Gasteiger partial charge in [-0.2, -0.15) is 10.1 Å². The number of hydrogen-bond acceptors (Lipinski definition) is 6. The molecule has 0 saturated carbocycles. The number of rotatable bonds is 6. The predicted octanol–water partition coefficient (Wildman–Crippen LogP) is 3.49. The highest BCUT2D eigenvalue weighted by Gasteiger charge is 2.28. The number of hydrazone groups is 1. The van der Waals surface area contributed by atoms with E-state index in [4.69, 9.17) is 5.11 Å². The first kappa shape index (κ1) is 18.8. The molecule has 2 aromatic carbocycles. The number of thioether (sulfide) groups is 1. The van der Waals surface area contributed by atoms with Crippen LogP contribution in [0, 0.1) is 10.1 Å². The fourth-order valence-electron chi connectivity index (χ4n) is 2.64. The van der Waals surface area contributed by atoms with Crippen molar-refractivity contribution in [2.45, 2.75) is 11.8 Å². The molecule has 3 rings (SSSR count). The second-order valence-electron chi connectivity index (χ2n) is 5.75. The Morgan fingerprint density at radius 3 is 2.67 bits per heavy atom. The molecule has 0 bridgehead atoms. The lowest BCUT2D eigenvalue weighted by molar-refractivity contribution is -0.387. The van der Waals surface area contributed by atoms with E-state index in [-0.39, 0.29) is 18.2 Å². The number of benzene rings is 2. The molecule has 138 valence electrons. The highest BCUT2D eigenvalue weighted by molar-refractivity contribution is 7.99. The molecule has 7 nitrogen and oxygen atoms in total. The summed E-state index contributed by atoms with van der Waals surface area (Å²) in [5, 5.41) is 25.9. The Labute approximate surface area is 160 Å². The number of aliphatic hydroxyl groups excluding tert-OH is 1. The zero-order chi connectivity index (χ0) is 19.4. The summed E-state index contributed by atoms with van der Waals surface area (Å²) in [6.45, 7) is 1.67. The number of nitro groups is 1. The highest BCUT2D eigenvalue weighted by Crippen LogP contribution is 2.31. The molecule has 1 amide bonds. The van der Waals surface area contributed by atoms with E-state index in [0.717, 1.165) is 0 Å². The Kier molecular flexibility index (Phi) is 5.68. The molecule has 0 saturated heterocycles. The molecule has 0 aliphatic carbocycles. The lowest BCUT2D eigenvalue weighted by Crippen LogP contribution is -2.21. The Hall–Kier alpha value is -2.97. The Balaban J connectivity index is 1.92. The van der Waals surface area contributed by atoms with Gasteiger partial charge in [-0.25, -0.2) is 0 Å². The molecular formula is C19H17N3O4S. The highest BCUT2D eigenvalue weighted by atomic mass is 32.2. The largest absolute Gasteiger partial charge is 0.396 e. The standard InChI is InChI=1S/C19H17N3O4S/c1-13-16(19(24)21(20-13)15-5-3-2-4-6-15)11-14-7-8-18(27-10-9-23)17(12-14)22(25)26/h2-8,11-12,23H,9-10H2,1H3. The summed E-state index contributed by atoms with van der Waals surface area (Å²) in [5.74, 6) is 0.0949. The third-order valence-corrected chi connectivity index (χ3v) is 4.95. The molecule has 8 heteroatoms. The van der Waals surface area contributed by atoms with Gasteiger partial charge in [-0.1, -0.05) is 24.3 Å². The van der Waals surface area contributed by atoms with E-state index in [1.54, 1.807) is 37.3 Å². The number of amides is 1. The average Bonchev–Trinajstić information content (AvgIpc) is 2.95. The minimum absolute atomic E-state index is 0.0530. The fraction of sp³-hybridized carbons (Fsp3) is 0.158. The van der Waals surface area contributed by atoms with Crippen LogP contribution in [0.3, 0.4) is 0 Å². The van der Waals surface area contributed by atoms with Gasteiger partial charge in [-0.3, -0.25) is 14.9 Å². The van der Waals surface area contributed by atoms with E-state index in [1.165, 1.54) is 22.8 Å². The average molecular weight is 383 g/mol. The molecular weight excluding hydrogens is 366 g/mol. The maximum Gasteiger partial charge on any atom is 0.283 e. The summed E-state index contributed by atoms with van der Waals surface area (Å²) in [4.78, 5) is 24.1. The maximum absolute atomic E-state index is 12.7. The second kappa shape index (κ2) is 8.15. The van der Waals surface area contributed by atoms with E-state index in [2.05, 4.69) is 5.10 Å². The van der Waals surface area contributed by atoms with Crippen LogP contribution >= 0.6 is 11.8 Å². The van der Waals surface area contributed by atoms with Crippen molar-refractivity contribution in [2.24, 2.45) is 5.10 Å². The summed E-state index contributed by atoms with van der Waals surface area (Å²) in [6.07, 6.45) is 1.61. The monoisotopic (exact) mass is 383 g/mol. The van der Waals surface area contributed by atoms with Crippen LogP contribution in [0.25, 0.3) is 6.08 Å². The minimum atomic E-state index is -0.463. The van der Waals surface area contributed by atoms with Crippen molar-refractivity contribution in [1.29, 1.82) is 0 Å². The van der Waals surface area contributed by atoms with Crippen molar-refractivity contribution in [3.05, 3.63) is 69.8 Å². The Bertz CT molecular complexity index is 941. The molecule has 1 N–H and O–H groups in total. The Morgan fingerprint density at radius 1 is 1.26 bits per heavy atom. The SMILES string of the molecule is CC1=NN(c2ccccc2)C(=O)C1=Cc1ccc(SCCO)c([N+](=O)[O-])c1. The van der Waals surface area contributed by atoms with Crippen molar-refractivity contribution in [3.63, 3.8) is 0 Å². The number of nitrogens with zero attached hydrogens (tertiary/aromatic N) is 3. The van der Waals surface area contributed by atoms with Gasteiger partial charge in [-0.15, -0.1) is 11.8 Å². The summed E-state index contributed by atoms with van der Waals surface area (Å²) >= 11 is 1.21. The number of carbonyl (C=O) groups excluding carboxylic acids is 1. The van der Waals surface area contributed by atoms with E-state index in [0.29, 0.717) is 33.2 Å². The normalized spacial score (nSPS) is 15.3. The molecule has 27 heavy (non-hydrogen) atoms. The number of anilines is 1. The predicted molar refractivity (Wildman–Crippen MR) is 106 cm³/mol. The quantitative estimate of drug-likeness (QED) is 0.356. The molecule has 0 fully saturated rings. The summed E-state index contributed by atoms with van der Waals surface area (Å²) in [7, 11) is 0. The van der Waals surface area contributed by atoms with Gasteiger partial charge in [0.05, 0.1) is 33.4 Å². The molecule has 2 aromatic rings. The van der Waals surface area contributed by atoms with Crippen LogP contribution in [-0.2, 0) is 4.79 Å². The van der Waals surface area contributed by atoms with E-state index >= 15 is 0 Å². The molecule has 0 atom stereocenters. The molecule has 1 aliphatic heterocycles. The summed E-state index contributed by atoms with van der Waals surface area (Å²) in [5.41, 5.74) is 2.09. The van der Waals surface area contributed by atoms with E-state index < -0.39 is 4.92 Å². The van der Waals surface area contributed by atoms with Crippen LogP contribution in [0.1, 0.15) is 12.5 Å². The zero-order valence-electron chi connectivity index (χ0n) is 14.5. The number of nitro benzene ring substituents is 1. The first-order chi connectivity index (χ1) is 13.0. The topological polar surface area (TPSA) is 96.0 Å². The molecule has 1 aliphatic rings. The molecule has 0 unspecified atom stereocenters. The van der Waals surface area contributed by atoms with Crippen LogP contribution in [0.4, 0.5) is 11.4 Å². The number of carbonyl (C=O) groups is 1. The summed E-state index contributed by atoms with van der Waals surface area (Å²) < 4.78 is 0. The number of aliphatic hydroxyl groups is 1. The van der Waals surface area contributed by atoms with Gasteiger partial charge < -0.3 is 5.11 Å². The van der Waals surface area contributed by atoms with Crippen LogP contribution in [0.15, 0.2) is 64.1 Å². The van der Waals surface area contributed by atoms with E-state index in [1.807, 2.05) is 18.2 Å². The smallest absolute Gasteiger partial charge is 0.283 e. The lowest BCUT2D eigenvalue weighted by atomic mass is 10.1. The third kappa shape index (κ3) is 4.07. The van der Waals surface area contributed by atoms with E-state index in [9.17, 15) is 14.9 Å². The third-order valence-electron chi connectivity index (χ3n) is 3.90. The maximum atomic E-state index is 12.7. The van der Waals surface area contributed by atoms with Crippen LogP contribution in [0.2, 0.25) is 0 Å². The van der Waals surface area contributed by atoms with Gasteiger partial charge in [0.2, 0.25) is 0 Å². The van der Waals surface area contributed by atoms with Crippen LogP contribution in [0.5, 0.6) is 0 Å². The second-order valence-corrected chi connectivity index (χ2v) is 6.89. The first-order valence-electron chi connectivity index (χ1n) is 8.20. The van der Waals surface area contributed by atoms with Crippen molar-refractivity contribution in [3.8, 4) is 0 Å². The molecule has 0 aromatic heterocycles. The van der Waals surface area contributed by atoms with Gasteiger partial charge in [-0.05, 0) is 36.8 Å². The Morgan fingerprint density at radius 2 is 2.00 bits per heavy atom. The summed E-state index contributed by atoms with van der Waals surface area (Å²) in [6, 6.07) is 13.8. The number of para-hydroxylation sites is 1. The van der Waals surface area contributed by atoms with Crippen molar-refractivity contribution < 1.29 is 14.8 Å². The van der Waals surface area contributed by atoms with Gasteiger partial charge in [0.25, 0.3) is 11.6 Å². The van der Waals surface area contributed by atoms with Gasteiger partial charge in [0, 0.05) is 11.8 Å². The molecule has 1 heterocycles. The fourth-order valence-corrected chi connectivity index (χ4v) is 3.40. The van der Waals surface area contributed by atoms with Crippen LogP contribution in [-0.4, -0.2) is 34.0 Å². The number of hydrogen-bond donors (Lipinski definition) is 1. The van der Waals surface area contributed by atoms with Gasteiger partial charge >= 0.3 is 0 Å². The molecule has 0 spiro atoms. The first-order valence-corrected chi connectivity index (χ1v) is 9.18.